The molecule has 1 atom stereocenters. The predicted octanol–water partition coefficient (Wildman–Crippen LogP) is 4.97. The van der Waals surface area contributed by atoms with Crippen molar-refractivity contribution in [3.63, 3.8) is 0 Å². The maximum absolute atomic E-state index is 14.9. The van der Waals surface area contributed by atoms with E-state index in [2.05, 4.69) is 0 Å². The van der Waals surface area contributed by atoms with E-state index in [1.165, 1.54) is 40.9 Å². The third-order valence-electron chi connectivity index (χ3n) is 6.09. The molecule has 0 saturated carbocycles. The van der Waals surface area contributed by atoms with Gasteiger partial charge in [-0.25, -0.2) is 8.78 Å². The average Bonchev–Trinajstić information content (AvgIpc) is 2.92. The van der Waals surface area contributed by atoms with Gasteiger partial charge in [0.2, 0.25) is 5.91 Å². The van der Waals surface area contributed by atoms with Crippen molar-refractivity contribution < 1.29 is 23.1 Å². The van der Waals surface area contributed by atoms with Crippen LogP contribution in [0.3, 0.4) is 0 Å². The quantitative estimate of drug-likeness (QED) is 0.574. The number of Topliss-reactive ketones (excluding diaryl/α,β-unsaturated/α-hetero) is 1. The Kier molecular flexibility index (Phi) is 7.69. The molecule has 2 aromatic rings. The molecule has 176 valence electrons. The van der Waals surface area contributed by atoms with Crippen molar-refractivity contribution >= 4 is 40.7 Å². The summed E-state index contributed by atoms with van der Waals surface area (Å²) in [5.74, 6) is -1.22. The summed E-state index contributed by atoms with van der Waals surface area (Å²) in [4.78, 5) is 27.9. The number of rotatable bonds is 6. The molecule has 2 heterocycles. The Labute approximate surface area is 200 Å². The number of ether oxygens (including phenoxy) is 1. The summed E-state index contributed by atoms with van der Waals surface area (Å²) in [6, 6.07) is 6.21. The van der Waals surface area contributed by atoms with Gasteiger partial charge in [0.05, 0.1) is 28.9 Å². The van der Waals surface area contributed by atoms with Gasteiger partial charge in [-0.1, -0.05) is 17.7 Å². The third-order valence-corrected chi connectivity index (χ3v) is 7.56. The highest BCUT2D eigenvalue weighted by Gasteiger charge is 2.31. The molecule has 1 fully saturated rings. The van der Waals surface area contributed by atoms with E-state index in [9.17, 15) is 18.4 Å². The van der Waals surface area contributed by atoms with Crippen molar-refractivity contribution in [2.75, 3.05) is 23.9 Å². The monoisotopic (exact) mass is 494 g/mol. The number of thioether (sulfide) groups is 1. The maximum Gasteiger partial charge on any atom is 0.245 e. The van der Waals surface area contributed by atoms with Crippen molar-refractivity contribution in [3.8, 4) is 0 Å². The van der Waals surface area contributed by atoms with Crippen LogP contribution in [-0.2, 0) is 16.1 Å². The summed E-state index contributed by atoms with van der Waals surface area (Å²) in [5.41, 5.74) is 6.91. The van der Waals surface area contributed by atoms with Crippen LogP contribution in [0.4, 0.5) is 14.5 Å². The predicted molar refractivity (Wildman–Crippen MR) is 125 cm³/mol. The topological polar surface area (TPSA) is 72.6 Å². The Morgan fingerprint density at radius 1 is 1.18 bits per heavy atom. The number of anilines is 1. The summed E-state index contributed by atoms with van der Waals surface area (Å²) in [6.07, 6.45) is 2.69. The standard InChI is InChI=1S/C24H25ClF2N2O3S/c25-17-3-1-15(9-19(17)27)12-29-21-10-16(22(30)4-2-14-5-7-32-8-6-14)18(26)11-23(21)33-13-20(28)24(29)31/h1,3,9-11,14,20H,2,4-8,12-13,28H2/t20-/m0/s1. The zero-order valence-electron chi connectivity index (χ0n) is 18.0. The number of ketones is 1. The second kappa shape index (κ2) is 10.5. The van der Waals surface area contributed by atoms with Crippen molar-refractivity contribution in [1.29, 1.82) is 0 Å². The first-order chi connectivity index (χ1) is 15.8. The molecule has 2 N–H and O–H groups in total. The van der Waals surface area contributed by atoms with Crippen molar-refractivity contribution in [2.24, 2.45) is 11.7 Å². The molecule has 2 aliphatic heterocycles. The van der Waals surface area contributed by atoms with Crippen LogP contribution >= 0.6 is 23.4 Å². The number of nitrogens with two attached hydrogens (primary N) is 1. The Balaban J connectivity index is 1.62. The van der Waals surface area contributed by atoms with E-state index in [0.29, 0.717) is 41.7 Å². The maximum atomic E-state index is 14.9. The van der Waals surface area contributed by atoms with Crippen molar-refractivity contribution in [1.82, 2.24) is 0 Å². The number of nitrogens with zero attached hydrogens (tertiary/aromatic N) is 1. The normalized spacial score (nSPS) is 19.3. The molecular weight excluding hydrogens is 470 g/mol. The first-order valence-corrected chi connectivity index (χ1v) is 12.3. The molecule has 0 aromatic heterocycles. The van der Waals surface area contributed by atoms with Crippen LogP contribution < -0.4 is 10.6 Å². The van der Waals surface area contributed by atoms with Gasteiger partial charge in [-0.3, -0.25) is 9.59 Å². The minimum absolute atomic E-state index is 0.0203. The minimum atomic E-state index is -0.810. The van der Waals surface area contributed by atoms with Crippen LogP contribution in [0.5, 0.6) is 0 Å². The zero-order valence-corrected chi connectivity index (χ0v) is 19.6. The lowest BCUT2D eigenvalue weighted by Gasteiger charge is -2.25. The largest absolute Gasteiger partial charge is 0.381 e. The summed E-state index contributed by atoms with van der Waals surface area (Å²) >= 11 is 7.04. The molecule has 0 spiro atoms. The van der Waals surface area contributed by atoms with E-state index >= 15 is 0 Å². The molecule has 0 aliphatic carbocycles. The van der Waals surface area contributed by atoms with E-state index in [-0.39, 0.29) is 41.0 Å². The van der Waals surface area contributed by atoms with Crippen LogP contribution in [0, 0.1) is 17.6 Å². The Morgan fingerprint density at radius 2 is 1.94 bits per heavy atom. The van der Waals surface area contributed by atoms with Gasteiger partial charge in [0.15, 0.2) is 5.78 Å². The van der Waals surface area contributed by atoms with Crippen molar-refractivity contribution in [3.05, 3.63) is 58.1 Å². The van der Waals surface area contributed by atoms with Gasteiger partial charge in [-0.05, 0) is 55.0 Å². The van der Waals surface area contributed by atoms with Crippen molar-refractivity contribution in [2.45, 2.75) is 43.2 Å². The Bertz CT molecular complexity index is 1060. The van der Waals surface area contributed by atoms with Gasteiger partial charge in [0.1, 0.15) is 11.6 Å². The SMILES string of the molecule is N[C@H]1CSc2cc(F)c(C(=O)CCC3CCOCC3)cc2N(Cc2ccc(Cl)c(F)c2)C1=O. The van der Waals surface area contributed by atoms with Gasteiger partial charge < -0.3 is 15.4 Å². The van der Waals surface area contributed by atoms with Gasteiger partial charge in [0.25, 0.3) is 0 Å². The molecule has 0 radical (unpaired) electrons. The molecule has 4 rings (SSSR count). The van der Waals surface area contributed by atoms with E-state index < -0.39 is 17.7 Å². The minimum Gasteiger partial charge on any atom is -0.381 e. The molecule has 2 aromatic carbocycles. The van der Waals surface area contributed by atoms with E-state index in [1.807, 2.05) is 0 Å². The number of carbonyl (C=O) groups is 2. The zero-order chi connectivity index (χ0) is 23.5. The fraction of sp³-hybridized carbons (Fsp3) is 0.417. The highest BCUT2D eigenvalue weighted by molar-refractivity contribution is 7.99. The molecule has 1 saturated heterocycles. The van der Waals surface area contributed by atoms with Gasteiger partial charge in [-0.15, -0.1) is 11.8 Å². The summed E-state index contributed by atoms with van der Waals surface area (Å²) in [7, 11) is 0. The van der Waals surface area contributed by atoms with Gasteiger partial charge in [-0.2, -0.15) is 0 Å². The molecule has 2 aliphatic rings. The summed E-state index contributed by atoms with van der Waals surface area (Å²) in [6.45, 7) is 1.40. The molecule has 9 heteroatoms. The lowest BCUT2D eigenvalue weighted by Crippen LogP contribution is -2.44. The molecule has 0 unspecified atom stereocenters. The number of carbonyl (C=O) groups excluding carboxylic acids is 2. The Hall–Kier alpha value is -2.00. The van der Waals surface area contributed by atoms with Crippen LogP contribution in [0.25, 0.3) is 0 Å². The number of hydrogen-bond donors (Lipinski definition) is 1. The fourth-order valence-corrected chi connectivity index (χ4v) is 5.27. The number of fused-ring (bicyclic) bond motifs is 1. The highest BCUT2D eigenvalue weighted by atomic mass is 35.5. The van der Waals surface area contributed by atoms with E-state index in [4.69, 9.17) is 22.1 Å². The highest BCUT2D eigenvalue weighted by Crippen LogP contribution is 2.37. The molecule has 33 heavy (non-hydrogen) atoms. The van der Waals surface area contributed by atoms with Gasteiger partial charge in [0, 0.05) is 30.3 Å². The second-order valence-electron chi connectivity index (χ2n) is 8.41. The smallest absolute Gasteiger partial charge is 0.245 e. The van der Waals surface area contributed by atoms with Crippen LogP contribution in [0.2, 0.25) is 5.02 Å². The first kappa shape index (κ1) is 24.1. The van der Waals surface area contributed by atoms with E-state index in [0.717, 1.165) is 12.8 Å². The van der Waals surface area contributed by atoms with Crippen LogP contribution in [-0.4, -0.2) is 36.7 Å². The lowest BCUT2D eigenvalue weighted by molar-refractivity contribution is -0.119. The number of benzene rings is 2. The summed E-state index contributed by atoms with van der Waals surface area (Å²) in [5, 5.41) is -0.0203. The summed E-state index contributed by atoms with van der Waals surface area (Å²) < 4.78 is 34.2. The number of hydrogen-bond acceptors (Lipinski definition) is 5. The van der Waals surface area contributed by atoms with Gasteiger partial charge >= 0.3 is 0 Å². The average molecular weight is 495 g/mol. The number of halogens is 3. The van der Waals surface area contributed by atoms with Crippen LogP contribution in [0.15, 0.2) is 35.2 Å². The molecular formula is C24H25ClF2N2O3S. The Morgan fingerprint density at radius 3 is 2.67 bits per heavy atom. The second-order valence-corrected chi connectivity index (χ2v) is 9.88. The fourth-order valence-electron chi connectivity index (χ4n) is 4.14. The third kappa shape index (κ3) is 5.57. The number of amides is 1. The molecule has 0 bridgehead atoms. The first-order valence-electron chi connectivity index (χ1n) is 10.9. The van der Waals surface area contributed by atoms with Crippen LogP contribution in [0.1, 0.15) is 41.6 Å². The molecule has 5 nitrogen and oxygen atoms in total. The lowest BCUT2D eigenvalue weighted by atomic mass is 9.92. The molecule has 1 amide bonds. The van der Waals surface area contributed by atoms with E-state index in [1.54, 1.807) is 6.07 Å².